The summed E-state index contributed by atoms with van der Waals surface area (Å²) >= 11 is 0. The zero-order valence-corrected chi connectivity index (χ0v) is 20.5. The van der Waals surface area contributed by atoms with Gasteiger partial charge in [-0.05, 0) is 70.5 Å². The third-order valence-electron chi connectivity index (χ3n) is 6.25. The van der Waals surface area contributed by atoms with Gasteiger partial charge in [0, 0.05) is 43.0 Å². The Morgan fingerprint density at radius 2 is 1.66 bits per heavy atom. The average Bonchev–Trinajstić information content (AvgIpc) is 3.05. The first kappa shape index (κ1) is 23.7. The molecule has 0 saturated carbocycles. The fourth-order valence-electron chi connectivity index (χ4n) is 4.12. The van der Waals surface area contributed by atoms with Gasteiger partial charge in [-0.3, -0.25) is 9.69 Å². The van der Waals surface area contributed by atoms with Gasteiger partial charge in [0.1, 0.15) is 0 Å². The number of rotatable bonds is 8. The molecular formula is C27H36N4O. The minimum Gasteiger partial charge on any atom is -0.337 e. The van der Waals surface area contributed by atoms with Crippen LogP contribution >= 0.6 is 0 Å². The van der Waals surface area contributed by atoms with E-state index in [0.717, 1.165) is 35.7 Å². The highest BCUT2D eigenvalue weighted by atomic mass is 16.2. The summed E-state index contributed by atoms with van der Waals surface area (Å²) in [4.78, 5) is 17.3. The SMILES string of the molecule is CCN(Cc1ccc(C(=O)N(C)Cc2c(C)nn(-c3ccccc3C)c2C)cc1)C(C)C. The molecule has 0 saturated heterocycles. The molecule has 3 rings (SSSR count). The predicted molar refractivity (Wildman–Crippen MR) is 131 cm³/mol. The van der Waals surface area contributed by atoms with Crippen molar-refractivity contribution < 1.29 is 4.79 Å². The molecule has 0 aliphatic heterocycles. The number of amides is 1. The van der Waals surface area contributed by atoms with Crippen LogP contribution in [0.4, 0.5) is 0 Å². The number of hydrogen-bond donors (Lipinski definition) is 0. The third kappa shape index (κ3) is 5.10. The highest BCUT2D eigenvalue weighted by Gasteiger charge is 2.19. The van der Waals surface area contributed by atoms with E-state index in [2.05, 4.69) is 63.8 Å². The van der Waals surface area contributed by atoms with Crippen LogP contribution in [0.1, 0.15) is 59.2 Å². The van der Waals surface area contributed by atoms with Crippen molar-refractivity contribution in [3.05, 3.63) is 82.2 Å². The van der Waals surface area contributed by atoms with Gasteiger partial charge in [0.05, 0.1) is 11.4 Å². The Balaban J connectivity index is 1.74. The Morgan fingerprint density at radius 3 is 2.25 bits per heavy atom. The molecule has 170 valence electrons. The van der Waals surface area contributed by atoms with Crippen LogP contribution in [0, 0.1) is 20.8 Å². The van der Waals surface area contributed by atoms with E-state index in [0.29, 0.717) is 18.2 Å². The van der Waals surface area contributed by atoms with Gasteiger partial charge in [0.25, 0.3) is 5.91 Å². The molecule has 5 heteroatoms. The second-order valence-corrected chi connectivity index (χ2v) is 8.86. The van der Waals surface area contributed by atoms with E-state index in [1.54, 1.807) is 4.90 Å². The molecule has 0 atom stereocenters. The molecule has 1 amide bonds. The summed E-state index contributed by atoms with van der Waals surface area (Å²) in [5, 5.41) is 4.76. The van der Waals surface area contributed by atoms with Crippen molar-refractivity contribution in [3.63, 3.8) is 0 Å². The quantitative estimate of drug-likeness (QED) is 0.485. The Labute approximate surface area is 192 Å². The van der Waals surface area contributed by atoms with Crippen molar-refractivity contribution in [3.8, 4) is 5.69 Å². The van der Waals surface area contributed by atoms with Crippen LogP contribution in [0.15, 0.2) is 48.5 Å². The molecule has 2 aromatic carbocycles. The van der Waals surface area contributed by atoms with Gasteiger partial charge in [-0.2, -0.15) is 5.10 Å². The summed E-state index contributed by atoms with van der Waals surface area (Å²) in [6.45, 7) is 15.2. The van der Waals surface area contributed by atoms with Crippen LogP contribution in [0.25, 0.3) is 5.69 Å². The molecule has 0 aliphatic carbocycles. The molecule has 0 unspecified atom stereocenters. The van der Waals surface area contributed by atoms with Crippen LogP contribution in [0.5, 0.6) is 0 Å². The second kappa shape index (κ2) is 10.1. The van der Waals surface area contributed by atoms with Crippen LogP contribution in [0.3, 0.4) is 0 Å². The maximum Gasteiger partial charge on any atom is 0.253 e. The Morgan fingerprint density at radius 1 is 1.00 bits per heavy atom. The summed E-state index contributed by atoms with van der Waals surface area (Å²) in [5.41, 5.74) is 7.31. The van der Waals surface area contributed by atoms with E-state index in [1.165, 1.54) is 11.1 Å². The van der Waals surface area contributed by atoms with Crippen molar-refractivity contribution >= 4 is 5.91 Å². The van der Waals surface area contributed by atoms with Crippen LogP contribution in [-0.2, 0) is 13.1 Å². The Hall–Kier alpha value is -2.92. The first-order chi connectivity index (χ1) is 15.2. The monoisotopic (exact) mass is 432 g/mol. The maximum atomic E-state index is 13.1. The highest BCUT2D eigenvalue weighted by Crippen LogP contribution is 2.22. The largest absolute Gasteiger partial charge is 0.337 e. The maximum absolute atomic E-state index is 13.1. The van der Waals surface area contributed by atoms with E-state index >= 15 is 0 Å². The topological polar surface area (TPSA) is 41.4 Å². The summed E-state index contributed by atoms with van der Waals surface area (Å²) in [7, 11) is 1.86. The standard InChI is InChI=1S/C27H36N4O/c1-8-30(19(2)3)17-23-13-15-24(16-14-23)27(32)29(7)18-25-21(5)28-31(22(25)6)26-12-10-9-11-20(26)4/h9-16,19H,8,17-18H2,1-7H3. The zero-order chi connectivity index (χ0) is 23.4. The van der Waals surface area contributed by atoms with Gasteiger partial charge in [0.2, 0.25) is 0 Å². The lowest BCUT2D eigenvalue weighted by Gasteiger charge is -2.25. The molecule has 0 aliphatic rings. The minimum absolute atomic E-state index is 0.0233. The summed E-state index contributed by atoms with van der Waals surface area (Å²) in [5.74, 6) is 0.0233. The number of hydrogen-bond acceptors (Lipinski definition) is 3. The van der Waals surface area contributed by atoms with Crippen LogP contribution < -0.4 is 0 Å². The van der Waals surface area contributed by atoms with E-state index < -0.39 is 0 Å². The normalized spacial score (nSPS) is 11.4. The molecule has 0 N–H and O–H groups in total. The molecule has 1 heterocycles. The molecule has 0 spiro atoms. The first-order valence-corrected chi connectivity index (χ1v) is 11.4. The number of carbonyl (C=O) groups excluding carboxylic acids is 1. The van der Waals surface area contributed by atoms with Crippen molar-refractivity contribution in [1.29, 1.82) is 0 Å². The summed E-state index contributed by atoms with van der Waals surface area (Å²) in [6, 6.07) is 16.7. The molecule has 1 aromatic heterocycles. The van der Waals surface area contributed by atoms with Crippen LogP contribution in [-0.4, -0.2) is 45.1 Å². The van der Waals surface area contributed by atoms with Crippen molar-refractivity contribution in [2.24, 2.45) is 0 Å². The number of aromatic nitrogens is 2. The van der Waals surface area contributed by atoms with Gasteiger partial charge < -0.3 is 4.90 Å². The van der Waals surface area contributed by atoms with Gasteiger partial charge >= 0.3 is 0 Å². The van der Waals surface area contributed by atoms with E-state index in [-0.39, 0.29) is 5.91 Å². The Kier molecular flexibility index (Phi) is 7.52. The number of nitrogens with zero attached hydrogens (tertiary/aromatic N) is 4. The molecule has 0 bridgehead atoms. The molecule has 32 heavy (non-hydrogen) atoms. The van der Waals surface area contributed by atoms with E-state index in [9.17, 15) is 4.79 Å². The first-order valence-electron chi connectivity index (χ1n) is 11.4. The van der Waals surface area contributed by atoms with Gasteiger partial charge in [0.15, 0.2) is 0 Å². The van der Waals surface area contributed by atoms with E-state index in [1.807, 2.05) is 42.9 Å². The van der Waals surface area contributed by atoms with Gasteiger partial charge in [-0.25, -0.2) is 4.68 Å². The fraction of sp³-hybridized carbons (Fsp3) is 0.407. The van der Waals surface area contributed by atoms with Gasteiger partial charge in [-0.15, -0.1) is 0 Å². The smallest absolute Gasteiger partial charge is 0.253 e. The van der Waals surface area contributed by atoms with E-state index in [4.69, 9.17) is 5.10 Å². The number of carbonyl (C=O) groups is 1. The third-order valence-corrected chi connectivity index (χ3v) is 6.25. The van der Waals surface area contributed by atoms with Crippen molar-refractivity contribution in [1.82, 2.24) is 19.6 Å². The lowest BCUT2D eigenvalue weighted by molar-refractivity contribution is 0.0784. The lowest BCUT2D eigenvalue weighted by atomic mass is 10.1. The lowest BCUT2D eigenvalue weighted by Crippen LogP contribution is -2.30. The van der Waals surface area contributed by atoms with Crippen molar-refractivity contribution in [2.75, 3.05) is 13.6 Å². The van der Waals surface area contributed by atoms with Crippen molar-refractivity contribution in [2.45, 2.75) is 60.7 Å². The number of para-hydroxylation sites is 1. The highest BCUT2D eigenvalue weighted by molar-refractivity contribution is 5.94. The summed E-state index contributed by atoms with van der Waals surface area (Å²) in [6.07, 6.45) is 0. The molecule has 0 radical (unpaired) electrons. The zero-order valence-electron chi connectivity index (χ0n) is 20.5. The van der Waals surface area contributed by atoms with Crippen LogP contribution in [0.2, 0.25) is 0 Å². The van der Waals surface area contributed by atoms with Gasteiger partial charge in [-0.1, -0.05) is 37.3 Å². The minimum atomic E-state index is 0.0233. The number of benzene rings is 2. The summed E-state index contributed by atoms with van der Waals surface area (Å²) < 4.78 is 1.99. The molecular weight excluding hydrogens is 396 g/mol. The predicted octanol–water partition coefficient (Wildman–Crippen LogP) is 5.30. The Bertz CT molecular complexity index is 1070. The average molecular weight is 433 g/mol. The molecule has 3 aromatic rings. The fourth-order valence-corrected chi connectivity index (χ4v) is 4.12. The molecule has 0 fully saturated rings. The number of aryl methyl sites for hydroxylation is 2. The second-order valence-electron chi connectivity index (χ2n) is 8.86. The molecule has 5 nitrogen and oxygen atoms in total.